The number of oxazole rings is 2. The summed E-state index contributed by atoms with van der Waals surface area (Å²) in [4.78, 5) is 34.8. The molecule has 2 N–H and O–H groups in total. The molecule has 0 aromatic carbocycles. The van der Waals surface area contributed by atoms with Gasteiger partial charge in [0.25, 0.3) is 0 Å². The third kappa shape index (κ3) is 6.17. The molecule has 0 aliphatic carbocycles. The highest BCUT2D eigenvalue weighted by atomic mass is 16.4. The fourth-order valence-corrected chi connectivity index (χ4v) is 2.50. The van der Waals surface area contributed by atoms with Crippen molar-refractivity contribution in [2.75, 3.05) is 0 Å². The van der Waals surface area contributed by atoms with Crippen molar-refractivity contribution in [1.82, 2.24) is 19.9 Å². The van der Waals surface area contributed by atoms with Crippen molar-refractivity contribution >= 4 is 22.5 Å². The molecule has 0 aliphatic heterocycles. The first-order chi connectivity index (χ1) is 14.3. The number of rotatable bonds is 2. The Labute approximate surface area is 175 Å². The average Bonchev–Trinajstić information content (AvgIpc) is 3.30. The first-order valence-electron chi connectivity index (χ1n) is 10.3. The number of nitrogens with one attached hydrogen (secondary N) is 2. The maximum absolute atomic E-state index is 10.9. The Morgan fingerprint density at radius 3 is 2.03 bits per heavy atom. The van der Waals surface area contributed by atoms with Crippen LogP contribution in [0.15, 0.2) is 42.9 Å². The quantitative estimate of drug-likeness (QED) is 0.456. The summed E-state index contributed by atoms with van der Waals surface area (Å²) in [5.74, 6) is -0.194. The zero-order valence-corrected chi connectivity index (χ0v) is 19.0. The highest BCUT2D eigenvalue weighted by molar-refractivity contribution is 5.71. The summed E-state index contributed by atoms with van der Waals surface area (Å²) in [7, 11) is 0. The van der Waals surface area contributed by atoms with Crippen LogP contribution in [0.5, 0.6) is 0 Å². The van der Waals surface area contributed by atoms with Crippen molar-refractivity contribution in [3.63, 3.8) is 0 Å². The zero-order valence-electron chi connectivity index (χ0n) is 19.0. The minimum atomic E-state index is -0.455. The van der Waals surface area contributed by atoms with Crippen LogP contribution >= 0.6 is 0 Å². The summed E-state index contributed by atoms with van der Waals surface area (Å²) in [6.07, 6.45) is 3.42. The van der Waals surface area contributed by atoms with Gasteiger partial charge >= 0.3 is 11.5 Å². The van der Waals surface area contributed by atoms with Gasteiger partial charge in [0.15, 0.2) is 22.5 Å². The topological polar surface area (TPSA) is 118 Å². The van der Waals surface area contributed by atoms with E-state index in [-0.39, 0.29) is 0 Å². The number of nitrogens with zero attached hydrogens (tertiary/aromatic N) is 2. The Bertz CT molecular complexity index is 1150. The number of aromatic nitrogens is 4. The second-order valence-corrected chi connectivity index (χ2v) is 6.53. The molecule has 0 amide bonds. The molecule has 4 aromatic heterocycles. The first kappa shape index (κ1) is 24.9. The molecule has 0 radical (unpaired) electrons. The summed E-state index contributed by atoms with van der Waals surface area (Å²) >= 11 is 0. The summed E-state index contributed by atoms with van der Waals surface area (Å²) in [6, 6.07) is 3.70. The SMILES string of the molecule is CC.CC.CC(C)c1ccnc2[nH]c(=O)oc12.CC(C)c1cnc2[nH]c(=O)oc2c1. The Morgan fingerprint density at radius 1 is 0.833 bits per heavy atom. The highest BCUT2D eigenvalue weighted by Crippen LogP contribution is 2.21. The minimum absolute atomic E-state index is 0.324. The second kappa shape index (κ2) is 11.7. The molecular formula is C22H32N4O4. The van der Waals surface area contributed by atoms with E-state index in [2.05, 4.69) is 33.8 Å². The van der Waals surface area contributed by atoms with E-state index in [9.17, 15) is 9.59 Å². The van der Waals surface area contributed by atoms with Crippen LogP contribution in [0.25, 0.3) is 22.5 Å². The minimum Gasteiger partial charge on any atom is -0.406 e. The van der Waals surface area contributed by atoms with Crippen molar-refractivity contribution < 1.29 is 8.83 Å². The molecule has 8 nitrogen and oxygen atoms in total. The van der Waals surface area contributed by atoms with Crippen LogP contribution in [0.2, 0.25) is 0 Å². The lowest BCUT2D eigenvalue weighted by Crippen LogP contribution is -1.93. The van der Waals surface area contributed by atoms with Gasteiger partial charge in [-0.25, -0.2) is 19.6 Å². The summed E-state index contributed by atoms with van der Waals surface area (Å²) in [5, 5.41) is 0. The van der Waals surface area contributed by atoms with Crippen molar-refractivity contribution in [2.24, 2.45) is 0 Å². The predicted octanol–water partition coefficient (Wildman–Crippen LogP) is 5.33. The van der Waals surface area contributed by atoms with E-state index in [1.165, 1.54) is 0 Å². The molecule has 0 fully saturated rings. The second-order valence-electron chi connectivity index (χ2n) is 6.53. The Morgan fingerprint density at radius 2 is 1.43 bits per heavy atom. The summed E-state index contributed by atoms with van der Waals surface area (Å²) in [5.41, 5.74) is 4.20. The summed E-state index contributed by atoms with van der Waals surface area (Å²) in [6.45, 7) is 16.2. The number of aromatic amines is 2. The maximum Gasteiger partial charge on any atom is 0.418 e. The fourth-order valence-electron chi connectivity index (χ4n) is 2.50. The van der Waals surface area contributed by atoms with Crippen LogP contribution in [-0.2, 0) is 0 Å². The van der Waals surface area contributed by atoms with Crippen LogP contribution in [0.3, 0.4) is 0 Å². The number of hydrogen-bond donors (Lipinski definition) is 2. The lowest BCUT2D eigenvalue weighted by atomic mass is 10.0. The van der Waals surface area contributed by atoms with Gasteiger partial charge in [-0.1, -0.05) is 55.4 Å². The molecule has 0 saturated carbocycles. The standard InChI is InChI=1S/2C9H10N2O2.2C2H6/c1-5(2)6-3-7-8(10-4-6)11-9(12)13-7;1-5(2)6-3-4-10-8-7(6)13-9(12)11-8;2*1-2/h2*3-5H,1-2H3,(H,10,11,12);2*1-2H3. The van der Waals surface area contributed by atoms with Gasteiger partial charge in [-0.3, -0.25) is 9.97 Å². The number of fused-ring (bicyclic) bond motifs is 2. The van der Waals surface area contributed by atoms with E-state index in [0.29, 0.717) is 34.3 Å². The van der Waals surface area contributed by atoms with Crippen molar-refractivity contribution in [2.45, 2.75) is 67.2 Å². The molecule has 0 unspecified atom stereocenters. The van der Waals surface area contributed by atoms with Crippen LogP contribution in [0, 0.1) is 0 Å². The molecule has 0 spiro atoms. The van der Waals surface area contributed by atoms with E-state index >= 15 is 0 Å². The number of hydrogen-bond acceptors (Lipinski definition) is 6. The van der Waals surface area contributed by atoms with Crippen molar-refractivity contribution in [3.8, 4) is 0 Å². The lowest BCUT2D eigenvalue weighted by Gasteiger charge is -2.02. The van der Waals surface area contributed by atoms with Gasteiger partial charge in [0.05, 0.1) is 0 Å². The van der Waals surface area contributed by atoms with E-state index in [1.807, 2.05) is 53.7 Å². The molecule has 0 bridgehead atoms. The predicted molar refractivity (Wildman–Crippen MR) is 120 cm³/mol. The van der Waals surface area contributed by atoms with E-state index in [4.69, 9.17) is 8.83 Å². The van der Waals surface area contributed by atoms with Crippen LogP contribution in [0.4, 0.5) is 0 Å². The third-order valence-corrected chi connectivity index (χ3v) is 3.94. The van der Waals surface area contributed by atoms with Gasteiger partial charge in [0.2, 0.25) is 0 Å². The van der Waals surface area contributed by atoms with Gasteiger partial charge < -0.3 is 8.83 Å². The maximum atomic E-state index is 10.9. The smallest absolute Gasteiger partial charge is 0.406 e. The molecule has 164 valence electrons. The van der Waals surface area contributed by atoms with Crippen LogP contribution in [0.1, 0.15) is 78.4 Å². The van der Waals surface area contributed by atoms with E-state index in [1.54, 1.807) is 12.4 Å². The third-order valence-electron chi connectivity index (χ3n) is 3.94. The fraction of sp³-hybridized carbons (Fsp3) is 0.455. The largest absolute Gasteiger partial charge is 0.418 e. The molecule has 4 rings (SSSR count). The molecule has 0 atom stereocenters. The molecule has 0 saturated heterocycles. The van der Waals surface area contributed by atoms with Gasteiger partial charge in [0, 0.05) is 18.0 Å². The van der Waals surface area contributed by atoms with Gasteiger partial charge in [-0.05, 0) is 29.5 Å². The molecule has 0 aliphatic rings. The highest BCUT2D eigenvalue weighted by Gasteiger charge is 2.10. The molecular weight excluding hydrogens is 384 g/mol. The summed E-state index contributed by atoms with van der Waals surface area (Å²) < 4.78 is 9.87. The number of H-pyrrole nitrogens is 2. The Balaban J connectivity index is 0.000000258. The monoisotopic (exact) mass is 416 g/mol. The molecule has 30 heavy (non-hydrogen) atoms. The number of pyridine rings is 2. The van der Waals surface area contributed by atoms with Crippen LogP contribution < -0.4 is 11.5 Å². The van der Waals surface area contributed by atoms with Gasteiger partial charge in [0.1, 0.15) is 0 Å². The molecule has 4 aromatic rings. The lowest BCUT2D eigenvalue weighted by molar-refractivity contribution is 0.549. The molecule has 4 heterocycles. The molecule has 8 heteroatoms. The Hall–Kier alpha value is -3.16. The average molecular weight is 417 g/mol. The van der Waals surface area contributed by atoms with Crippen molar-refractivity contribution in [3.05, 3.63) is 56.8 Å². The van der Waals surface area contributed by atoms with Gasteiger partial charge in [-0.15, -0.1) is 0 Å². The zero-order chi connectivity index (χ0) is 22.8. The van der Waals surface area contributed by atoms with Crippen LogP contribution in [-0.4, -0.2) is 19.9 Å². The van der Waals surface area contributed by atoms with Crippen molar-refractivity contribution in [1.29, 1.82) is 0 Å². The Kier molecular flexibility index (Phi) is 9.74. The van der Waals surface area contributed by atoms with E-state index < -0.39 is 11.5 Å². The normalized spacial score (nSPS) is 10.2. The van der Waals surface area contributed by atoms with E-state index in [0.717, 1.165) is 11.1 Å². The first-order valence-corrected chi connectivity index (χ1v) is 10.3. The van der Waals surface area contributed by atoms with Gasteiger partial charge in [-0.2, -0.15) is 0 Å².